The summed E-state index contributed by atoms with van der Waals surface area (Å²) in [5.41, 5.74) is 7.02. The number of rotatable bonds is 3. The molecule has 1 fully saturated rings. The van der Waals surface area contributed by atoms with Crippen LogP contribution in [-0.4, -0.2) is 14.5 Å². The fourth-order valence-electron chi connectivity index (χ4n) is 2.19. The van der Waals surface area contributed by atoms with Crippen LogP contribution in [0, 0.1) is 12.8 Å². The Labute approximate surface area is 102 Å². The van der Waals surface area contributed by atoms with E-state index in [1.165, 1.54) is 0 Å². The zero-order valence-corrected chi connectivity index (χ0v) is 10.9. The molecule has 0 radical (unpaired) electrons. The first kappa shape index (κ1) is 12.4. The van der Waals surface area contributed by atoms with E-state index in [1.807, 2.05) is 6.92 Å². The maximum Gasteiger partial charge on any atom is 0.242 e. The van der Waals surface area contributed by atoms with E-state index in [0.717, 1.165) is 18.4 Å². The van der Waals surface area contributed by atoms with Crippen molar-refractivity contribution < 1.29 is 8.42 Å². The molecule has 17 heavy (non-hydrogen) atoms. The third-order valence-corrected chi connectivity index (χ3v) is 4.74. The monoisotopic (exact) mass is 254 g/mol. The van der Waals surface area contributed by atoms with Crippen LogP contribution in [0.4, 0.5) is 5.69 Å². The Balaban J connectivity index is 2.20. The Morgan fingerprint density at radius 1 is 1.35 bits per heavy atom. The van der Waals surface area contributed by atoms with Crippen molar-refractivity contribution in [1.29, 1.82) is 0 Å². The fraction of sp³-hybridized carbons (Fsp3) is 0.500. The van der Waals surface area contributed by atoms with E-state index < -0.39 is 10.0 Å². The molecule has 4 nitrogen and oxygen atoms in total. The van der Waals surface area contributed by atoms with Crippen LogP contribution in [0.1, 0.15) is 25.3 Å². The molecule has 1 aromatic rings. The highest BCUT2D eigenvalue weighted by Crippen LogP contribution is 2.28. The Hall–Kier alpha value is -1.07. The highest BCUT2D eigenvalue weighted by molar-refractivity contribution is 7.89. The molecular weight excluding hydrogens is 236 g/mol. The van der Waals surface area contributed by atoms with Gasteiger partial charge in [-0.2, -0.15) is 0 Å². The van der Waals surface area contributed by atoms with Crippen molar-refractivity contribution in [1.82, 2.24) is 4.72 Å². The van der Waals surface area contributed by atoms with Gasteiger partial charge in [0.2, 0.25) is 10.0 Å². The van der Waals surface area contributed by atoms with Crippen LogP contribution in [0.2, 0.25) is 0 Å². The molecule has 5 heteroatoms. The van der Waals surface area contributed by atoms with Crippen LogP contribution in [-0.2, 0) is 10.0 Å². The highest BCUT2D eigenvalue weighted by Gasteiger charge is 2.30. The first-order valence-corrected chi connectivity index (χ1v) is 7.25. The van der Waals surface area contributed by atoms with E-state index in [2.05, 4.69) is 11.6 Å². The number of sulfonamides is 1. The second kappa shape index (κ2) is 4.31. The number of hydrogen-bond acceptors (Lipinski definition) is 3. The molecule has 0 amide bonds. The second-order valence-electron chi connectivity index (χ2n) is 4.94. The second-order valence-corrected chi connectivity index (χ2v) is 6.62. The minimum atomic E-state index is -3.47. The van der Waals surface area contributed by atoms with E-state index in [9.17, 15) is 8.42 Å². The highest BCUT2D eigenvalue weighted by atomic mass is 32.2. The molecule has 0 atom stereocenters. The van der Waals surface area contributed by atoms with Gasteiger partial charge in [0.1, 0.15) is 4.90 Å². The van der Waals surface area contributed by atoms with Crippen molar-refractivity contribution in [2.24, 2.45) is 5.92 Å². The summed E-state index contributed by atoms with van der Waals surface area (Å²) < 4.78 is 26.9. The van der Waals surface area contributed by atoms with Crippen molar-refractivity contribution in [3.05, 3.63) is 23.8 Å². The number of nitrogens with one attached hydrogen (secondary N) is 1. The number of anilines is 1. The number of nitrogens with two attached hydrogens (primary N) is 1. The number of hydrogen-bond donors (Lipinski definition) is 2. The lowest BCUT2D eigenvalue weighted by Gasteiger charge is -2.33. The molecule has 94 valence electrons. The van der Waals surface area contributed by atoms with Crippen LogP contribution < -0.4 is 10.5 Å². The molecule has 1 aliphatic rings. The van der Waals surface area contributed by atoms with Gasteiger partial charge in [0, 0.05) is 6.04 Å². The molecule has 1 aromatic carbocycles. The lowest BCUT2D eigenvalue weighted by molar-refractivity contribution is 0.270. The summed E-state index contributed by atoms with van der Waals surface area (Å²) in [6.45, 7) is 4.00. The summed E-state index contributed by atoms with van der Waals surface area (Å²) in [5, 5.41) is 0. The Morgan fingerprint density at radius 3 is 2.53 bits per heavy atom. The van der Waals surface area contributed by atoms with Gasteiger partial charge in [-0.25, -0.2) is 13.1 Å². The molecule has 0 aromatic heterocycles. The third-order valence-electron chi connectivity index (χ3n) is 3.15. The van der Waals surface area contributed by atoms with Crippen LogP contribution in [0.15, 0.2) is 23.1 Å². The molecule has 0 aliphatic heterocycles. The normalized spacial score (nSPS) is 24.4. The first-order valence-electron chi connectivity index (χ1n) is 5.77. The predicted molar refractivity (Wildman–Crippen MR) is 68.1 cm³/mol. The van der Waals surface area contributed by atoms with Gasteiger partial charge in [-0.15, -0.1) is 0 Å². The lowest BCUT2D eigenvalue weighted by Crippen LogP contribution is -2.43. The third kappa shape index (κ3) is 2.61. The maximum absolute atomic E-state index is 12.1. The van der Waals surface area contributed by atoms with Crippen LogP contribution in [0.3, 0.4) is 0 Å². The molecule has 0 saturated heterocycles. The molecule has 1 aliphatic carbocycles. The topological polar surface area (TPSA) is 72.2 Å². The summed E-state index contributed by atoms with van der Waals surface area (Å²) >= 11 is 0. The van der Waals surface area contributed by atoms with Gasteiger partial charge in [0.15, 0.2) is 0 Å². The smallest absolute Gasteiger partial charge is 0.242 e. The van der Waals surface area contributed by atoms with Gasteiger partial charge in [0.05, 0.1) is 5.69 Å². The minimum absolute atomic E-state index is 0.0655. The molecule has 0 unspecified atom stereocenters. The van der Waals surface area contributed by atoms with Crippen LogP contribution in [0.25, 0.3) is 0 Å². The quantitative estimate of drug-likeness (QED) is 0.806. The summed E-state index contributed by atoms with van der Waals surface area (Å²) in [6.07, 6.45) is 1.82. The largest absolute Gasteiger partial charge is 0.398 e. The molecule has 2 rings (SSSR count). The van der Waals surface area contributed by atoms with Gasteiger partial charge < -0.3 is 5.73 Å². The summed E-state index contributed by atoms with van der Waals surface area (Å²) in [4.78, 5) is 0.183. The summed E-state index contributed by atoms with van der Waals surface area (Å²) in [5.74, 6) is 0.609. The molecule has 0 heterocycles. The van der Waals surface area contributed by atoms with E-state index in [4.69, 9.17) is 5.73 Å². The van der Waals surface area contributed by atoms with E-state index >= 15 is 0 Å². The summed E-state index contributed by atoms with van der Waals surface area (Å²) in [7, 11) is -3.47. The van der Waals surface area contributed by atoms with Gasteiger partial charge in [0.25, 0.3) is 0 Å². The molecule has 0 bridgehead atoms. The standard InChI is InChI=1S/C12H18N2O2S/c1-8-3-4-12(11(13)7-8)17(15,16)14-10-5-9(2)6-10/h3-4,7,9-10,14H,5-6,13H2,1-2H3. The molecule has 3 N–H and O–H groups in total. The Bertz CT molecular complexity index is 519. The van der Waals surface area contributed by atoms with Crippen LogP contribution in [0.5, 0.6) is 0 Å². The Morgan fingerprint density at radius 2 is 2.00 bits per heavy atom. The average Bonchev–Trinajstić information content (AvgIpc) is 2.14. The number of benzene rings is 1. The van der Waals surface area contributed by atoms with Crippen molar-refractivity contribution >= 4 is 15.7 Å². The van der Waals surface area contributed by atoms with Gasteiger partial charge in [-0.1, -0.05) is 13.0 Å². The summed E-state index contributed by atoms with van der Waals surface area (Å²) in [6, 6.07) is 5.07. The van der Waals surface area contributed by atoms with Gasteiger partial charge in [-0.3, -0.25) is 0 Å². The number of nitrogen functional groups attached to an aromatic ring is 1. The average molecular weight is 254 g/mol. The zero-order valence-electron chi connectivity index (χ0n) is 10.1. The van der Waals surface area contributed by atoms with Crippen molar-refractivity contribution in [2.75, 3.05) is 5.73 Å². The van der Waals surface area contributed by atoms with Crippen molar-refractivity contribution in [3.8, 4) is 0 Å². The van der Waals surface area contributed by atoms with Crippen molar-refractivity contribution in [2.45, 2.75) is 37.6 Å². The molecule has 1 saturated carbocycles. The van der Waals surface area contributed by atoms with Gasteiger partial charge >= 0.3 is 0 Å². The molecular formula is C12H18N2O2S. The minimum Gasteiger partial charge on any atom is -0.398 e. The van der Waals surface area contributed by atoms with Crippen LogP contribution >= 0.6 is 0 Å². The predicted octanol–water partition coefficient (Wildman–Crippen LogP) is 1.65. The van der Waals surface area contributed by atoms with E-state index in [-0.39, 0.29) is 10.9 Å². The zero-order chi connectivity index (χ0) is 12.6. The van der Waals surface area contributed by atoms with E-state index in [0.29, 0.717) is 11.6 Å². The maximum atomic E-state index is 12.1. The van der Waals surface area contributed by atoms with Crippen molar-refractivity contribution in [3.63, 3.8) is 0 Å². The lowest BCUT2D eigenvalue weighted by atomic mass is 9.83. The Kier molecular flexibility index (Phi) is 3.14. The SMILES string of the molecule is Cc1ccc(S(=O)(=O)NC2CC(C)C2)c(N)c1. The fourth-order valence-corrected chi connectivity index (χ4v) is 3.57. The first-order chi connectivity index (χ1) is 7.88. The molecule has 0 spiro atoms. The number of aryl methyl sites for hydroxylation is 1. The van der Waals surface area contributed by atoms with Gasteiger partial charge in [-0.05, 0) is 43.4 Å². The van der Waals surface area contributed by atoms with E-state index in [1.54, 1.807) is 18.2 Å².